The highest BCUT2D eigenvalue weighted by Crippen LogP contribution is 2.02. The number of aldehydes is 1. The largest absolute Gasteiger partial charge is 0.352 e. The highest BCUT2D eigenvalue weighted by molar-refractivity contribution is 5.94. The molecule has 17 heavy (non-hydrogen) atoms. The van der Waals surface area contributed by atoms with E-state index in [4.69, 9.17) is 0 Å². The van der Waals surface area contributed by atoms with Crippen LogP contribution in [-0.4, -0.2) is 44.3 Å². The number of amides is 1. The van der Waals surface area contributed by atoms with Gasteiger partial charge < -0.3 is 10.2 Å². The summed E-state index contributed by atoms with van der Waals surface area (Å²) in [4.78, 5) is 24.2. The van der Waals surface area contributed by atoms with E-state index in [0.29, 0.717) is 17.7 Å². The lowest BCUT2D eigenvalue weighted by Gasteiger charge is -2.09. The van der Waals surface area contributed by atoms with Gasteiger partial charge in [-0.3, -0.25) is 9.59 Å². The molecule has 0 aliphatic carbocycles. The van der Waals surface area contributed by atoms with Crippen LogP contribution in [0.3, 0.4) is 0 Å². The summed E-state index contributed by atoms with van der Waals surface area (Å²) in [5, 5.41) is 2.84. The van der Waals surface area contributed by atoms with Gasteiger partial charge in [0, 0.05) is 17.7 Å². The third-order valence-electron chi connectivity index (χ3n) is 2.38. The lowest BCUT2D eigenvalue weighted by molar-refractivity contribution is 0.0951. The van der Waals surface area contributed by atoms with Crippen LogP contribution in [0.1, 0.15) is 27.1 Å². The first kappa shape index (κ1) is 13.4. The van der Waals surface area contributed by atoms with E-state index in [-0.39, 0.29) is 5.91 Å². The Morgan fingerprint density at radius 1 is 1.29 bits per heavy atom. The first-order valence-corrected chi connectivity index (χ1v) is 5.61. The first-order chi connectivity index (χ1) is 8.13. The van der Waals surface area contributed by atoms with E-state index in [2.05, 4.69) is 10.2 Å². The first-order valence-electron chi connectivity index (χ1n) is 5.61. The fourth-order valence-corrected chi connectivity index (χ4v) is 1.41. The molecule has 4 heteroatoms. The van der Waals surface area contributed by atoms with Crippen LogP contribution in [-0.2, 0) is 0 Å². The maximum atomic E-state index is 11.7. The molecule has 0 aromatic heterocycles. The topological polar surface area (TPSA) is 49.4 Å². The number of hydrogen-bond acceptors (Lipinski definition) is 3. The third kappa shape index (κ3) is 4.78. The smallest absolute Gasteiger partial charge is 0.251 e. The van der Waals surface area contributed by atoms with Crippen molar-refractivity contribution in [2.24, 2.45) is 0 Å². The van der Waals surface area contributed by atoms with Crippen molar-refractivity contribution in [1.29, 1.82) is 0 Å². The average Bonchev–Trinajstić information content (AvgIpc) is 2.34. The zero-order valence-electron chi connectivity index (χ0n) is 10.3. The number of nitrogens with zero attached hydrogens (tertiary/aromatic N) is 1. The predicted molar refractivity (Wildman–Crippen MR) is 67.3 cm³/mol. The van der Waals surface area contributed by atoms with Crippen molar-refractivity contribution in [3.05, 3.63) is 35.4 Å². The van der Waals surface area contributed by atoms with Crippen molar-refractivity contribution in [1.82, 2.24) is 10.2 Å². The van der Waals surface area contributed by atoms with Gasteiger partial charge in [-0.2, -0.15) is 0 Å². The van der Waals surface area contributed by atoms with Crippen molar-refractivity contribution in [3.63, 3.8) is 0 Å². The Morgan fingerprint density at radius 2 is 1.94 bits per heavy atom. The Morgan fingerprint density at radius 3 is 2.47 bits per heavy atom. The van der Waals surface area contributed by atoms with Gasteiger partial charge in [0.25, 0.3) is 5.91 Å². The molecule has 1 aromatic rings. The number of carbonyl (C=O) groups excluding carboxylic acids is 2. The van der Waals surface area contributed by atoms with E-state index in [1.54, 1.807) is 24.3 Å². The number of rotatable bonds is 6. The summed E-state index contributed by atoms with van der Waals surface area (Å²) in [5.74, 6) is -0.0961. The molecule has 0 fully saturated rings. The minimum Gasteiger partial charge on any atom is -0.352 e. The second kappa shape index (κ2) is 6.81. The van der Waals surface area contributed by atoms with Crippen LogP contribution in [0.2, 0.25) is 0 Å². The number of hydrogen-bond donors (Lipinski definition) is 1. The van der Waals surface area contributed by atoms with E-state index in [0.717, 1.165) is 19.3 Å². The van der Waals surface area contributed by atoms with Gasteiger partial charge in [-0.15, -0.1) is 0 Å². The number of nitrogens with one attached hydrogen (secondary N) is 1. The molecule has 0 bridgehead atoms. The standard InChI is InChI=1S/C13H18N2O2/c1-15(2)9-3-8-14-13(17)12-6-4-11(10-16)5-7-12/h4-7,10H,3,8-9H2,1-2H3,(H,14,17). The van der Waals surface area contributed by atoms with Gasteiger partial charge in [0.1, 0.15) is 6.29 Å². The summed E-state index contributed by atoms with van der Waals surface area (Å²) in [6.45, 7) is 1.61. The van der Waals surface area contributed by atoms with Crippen molar-refractivity contribution in [3.8, 4) is 0 Å². The Balaban J connectivity index is 2.38. The average molecular weight is 234 g/mol. The van der Waals surface area contributed by atoms with Crippen LogP contribution in [0.25, 0.3) is 0 Å². The van der Waals surface area contributed by atoms with Gasteiger partial charge in [0.05, 0.1) is 0 Å². The molecular formula is C13H18N2O2. The fraction of sp³-hybridized carbons (Fsp3) is 0.385. The lowest BCUT2D eigenvalue weighted by Crippen LogP contribution is -2.27. The van der Waals surface area contributed by atoms with E-state index in [1.165, 1.54) is 0 Å². The van der Waals surface area contributed by atoms with Gasteiger partial charge in [-0.1, -0.05) is 12.1 Å². The molecule has 0 saturated heterocycles. The molecule has 1 aromatic carbocycles. The number of carbonyl (C=O) groups is 2. The molecule has 0 radical (unpaired) electrons. The fourth-order valence-electron chi connectivity index (χ4n) is 1.41. The molecule has 1 N–H and O–H groups in total. The summed E-state index contributed by atoms with van der Waals surface area (Å²) in [5.41, 5.74) is 1.16. The van der Waals surface area contributed by atoms with Crippen LogP contribution in [0.15, 0.2) is 24.3 Å². The minimum atomic E-state index is -0.0961. The molecule has 92 valence electrons. The lowest BCUT2D eigenvalue weighted by atomic mass is 10.1. The number of benzene rings is 1. The highest BCUT2D eigenvalue weighted by atomic mass is 16.1. The summed E-state index contributed by atoms with van der Waals surface area (Å²) in [7, 11) is 4.00. The van der Waals surface area contributed by atoms with E-state index in [9.17, 15) is 9.59 Å². The maximum absolute atomic E-state index is 11.7. The van der Waals surface area contributed by atoms with Gasteiger partial charge >= 0.3 is 0 Å². The maximum Gasteiger partial charge on any atom is 0.251 e. The molecule has 0 heterocycles. The Hall–Kier alpha value is -1.68. The van der Waals surface area contributed by atoms with E-state index < -0.39 is 0 Å². The second-order valence-corrected chi connectivity index (χ2v) is 4.15. The van der Waals surface area contributed by atoms with Gasteiger partial charge in [-0.25, -0.2) is 0 Å². The third-order valence-corrected chi connectivity index (χ3v) is 2.38. The zero-order chi connectivity index (χ0) is 12.7. The van der Waals surface area contributed by atoms with Crippen LogP contribution in [0.5, 0.6) is 0 Å². The molecule has 0 atom stereocenters. The molecule has 0 unspecified atom stereocenters. The van der Waals surface area contributed by atoms with Crippen molar-refractivity contribution in [2.75, 3.05) is 27.2 Å². The van der Waals surface area contributed by atoms with Gasteiger partial charge in [0.2, 0.25) is 0 Å². The molecular weight excluding hydrogens is 216 g/mol. The second-order valence-electron chi connectivity index (χ2n) is 4.15. The normalized spacial score (nSPS) is 10.3. The summed E-state index contributed by atoms with van der Waals surface area (Å²) in [6.07, 6.45) is 1.68. The Kier molecular flexibility index (Phi) is 5.36. The van der Waals surface area contributed by atoms with Crippen molar-refractivity contribution < 1.29 is 9.59 Å². The molecule has 1 amide bonds. The monoisotopic (exact) mass is 234 g/mol. The zero-order valence-corrected chi connectivity index (χ0v) is 10.3. The summed E-state index contributed by atoms with van der Waals surface area (Å²) < 4.78 is 0. The molecule has 0 spiro atoms. The molecule has 1 rings (SSSR count). The minimum absolute atomic E-state index is 0.0961. The highest BCUT2D eigenvalue weighted by Gasteiger charge is 2.04. The van der Waals surface area contributed by atoms with Gasteiger partial charge in [0.15, 0.2) is 0 Å². The van der Waals surface area contributed by atoms with Crippen LogP contribution < -0.4 is 5.32 Å². The molecule has 0 aliphatic rings. The quantitative estimate of drug-likeness (QED) is 0.594. The summed E-state index contributed by atoms with van der Waals surface area (Å²) in [6, 6.07) is 6.60. The van der Waals surface area contributed by atoms with Crippen LogP contribution in [0.4, 0.5) is 0 Å². The van der Waals surface area contributed by atoms with E-state index in [1.807, 2.05) is 14.1 Å². The molecule has 4 nitrogen and oxygen atoms in total. The van der Waals surface area contributed by atoms with E-state index >= 15 is 0 Å². The SMILES string of the molecule is CN(C)CCCNC(=O)c1ccc(C=O)cc1. The van der Waals surface area contributed by atoms with Gasteiger partial charge in [-0.05, 0) is 39.2 Å². The summed E-state index contributed by atoms with van der Waals surface area (Å²) >= 11 is 0. The molecule has 0 saturated carbocycles. The van der Waals surface area contributed by atoms with Crippen LogP contribution >= 0.6 is 0 Å². The Bertz CT molecular complexity index is 372. The predicted octanol–water partition coefficient (Wildman–Crippen LogP) is 1.18. The van der Waals surface area contributed by atoms with Crippen molar-refractivity contribution >= 4 is 12.2 Å². The van der Waals surface area contributed by atoms with Crippen molar-refractivity contribution in [2.45, 2.75) is 6.42 Å². The molecule has 0 aliphatic heterocycles. The van der Waals surface area contributed by atoms with Crippen LogP contribution in [0, 0.1) is 0 Å². The Labute approximate surface area is 102 Å².